The quantitative estimate of drug-likeness (QED) is 0.491. The van der Waals surface area contributed by atoms with Crippen molar-refractivity contribution in [3.63, 3.8) is 0 Å². The van der Waals surface area contributed by atoms with Crippen molar-refractivity contribution in [3.8, 4) is 0 Å². The predicted molar refractivity (Wildman–Crippen MR) is 69.2 cm³/mol. The number of hydrogen-bond donors (Lipinski definition) is 1. The molecule has 0 aliphatic heterocycles. The molecule has 0 radical (unpaired) electrons. The molecule has 0 rings (SSSR count). The maximum Gasteiger partial charge on any atom is 0.0187 e. The van der Waals surface area contributed by atoms with Gasteiger partial charge in [-0.1, -0.05) is 26.0 Å². The van der Waals surface area contributed by atoms with Gasteiger partial charge in [-0.2, -0.15) is 0 Å². The third-order valence-electron chi connectivity index (χ3n) is 2.56. The molecule has 0 bridgehead atoms. The van der Waals surface area contributed by atoms with E-state index < -0.39 is 0 Å². The summed E-state index contributed by atoms with van der Waals surface area (Å²) in [6.45, 7) is 16.0. The zero-order valence-electron chi connectivity index (χ0n) is 11.1. The van der Waals surface area contributed by atoms with Crippen LogP contribution in [0.2, 0.25) is 0 Å². The highest BCUT2D eigenvalue weighted by Gasteiger charge is 2.08. The van der Waals surface area contributed by atoms with Gasteiger partial charge in [0.1, 0.15) is 0 Å². The van der Waals surface area contributed by atoms with E-state index in [0.717, 1.165) is 25.6 Å². The Morgan fingerprint density at radius 3 is 2.40 bits per heavy atom. The molecule has 0 heterocycles. The maximum absolute atomic E-state index is 3.94. The molecule has 1 unspecified atom stereocenters. The molecule has 0 aliphatic rings. The van der Waals surface area contributed by atoms with Crippen LogP contribution in [0.4, 0.5) is 0 Å². The second-order valence-electron chi connectivity index (χ2n) is 5.11. The van der Waals surface area contributed by atoms with Gasteiger partial charge in [-0.25, -0.2) is 0 Å². The molecule has 0 fully saturated rings. The van der Waals surface area contributed by atoms with Gasteiger partial charge in [-0.3, -0.25) is 4.90 Å². The first kappa shape index (κ1) is 14.7. The molecule has 0 aromatic rings. The average Bonchev–Trinajstić information content (AvgIpc) is 2.10. The first-order valence-corrected chi connectivity index (χ1v) is 5.98. The van der Waals surface area contributed by atoms with E-state index in [2.05, 4.69) is 51.5 Å². The van der Waals surface area contributed by atoms with E-state index in [0.29, 0.717) is 6.04 Å². The molecule has 0 aromatic carbocycles. The SMILES string of the molecule is C=C(C)CN(C)C(C)CCNCC(C)C. The molecule has 0 aliphatic carbocycles. The zero-order chi connectivity index (χ0) is 11.8. The topological polar surface area (TPSA) is 15.3 Å². The molecule has 2 nitrogen and oxygen atoms in total. The normalized spacial score (nSPS) is 13.5. The summed E-state index contributed by atoms with van der Waals surface area (Å²) in [5.74, 6) is 0.744. The van der Waals surface area contributed by atoms with E-state index in [9.17, 15) is 0 Å². The number of hydrogen-bond acceptors (Lipinski definition) is 2. The number of likely N-dealkylation sites (N-methyl/N-ethyl adjacent to an activating group) is 1. The Hall–Kier alpha value is -0.340. The lowest BCUT2D eigenvalue weighted by Crippen LogP contribution is -2.33. The minimum absolute atomic E-state index is 0.626. The van der Waals surface area contributed by atoms with Crippen LogP contribution >= 0.6 is 0 Å². The summed E-state index contributed by atoms with van der Waals surface area (Å²) in [7, 11) is 2.17. The Labute approximate surface area is 95.7 Å². The second kappa shape index (κ2) is 7.89. The summed E-state index contributed by atoms with van der Waals surface area (Å²) < 4.78 is 0. The van der Waals surface area contributed by atoms with Gasteiger partial charge in [0.15, 0.2) is 0 Å². The van der Waals surface area contributed by atoms with Gasteiger partial charge < -0.3 is 5.32 Å². The molecule has 0 saturated carbocycles. The molecule has 1 N–H and O–H groups in total. The number of rotatable bonds is 8. The highest BCUT2D eigenvalue weighted by Crippen LogP contribution is 2.03. The summed E-state index contributed by atoms with van der Waals surface area (Å²) in [6.07, 6.45) is 1.20. The lowest BCUT2D eigenvalue weighted by Gasteiger charge is -2.25. The monoisotopic (exact) mass is 212 g/mol. The average molecular weight is 212 g/mol. The fraction of sp³-hybridized carbons (Fsp3) is 0.846. The lowest BCUT2D eigenvalue weighted by molar-refractivity contribution is 0.263. The largest absolute Gasteiger partial charge is 0.316 e. The van der Waals surface area contributed by atoms with Gasteiger partial charge in [0.25, 0.3) is 0 Å². The van der Waals surface area contributed by atoms with Crippen LogP contribution < -0.4 is 5.32 Å². The van der Waals surface area contributed by atoms with Crippen LogP contribution in [0.15, 0.2) is 12.2 Å². The van der Waals surface area contributed by atoms with E-state index in [1.54, 1.807) is 0 Å². The summed E-state index contributed by atoms with van der Waals surface area (Å²) in [5.41, 5.74) is 1.24. The number of nitrogens with zero attached hydrogens (tertiary/aromatic N) is 1. The zero-order valence-corrected chi connectivity index (χ0v) is 11.1. The molecule has 90 valence electrons. The molecule has 2 heteroatoms. The van der Waals surface area contributed by atoms with E-state index >= 15 is 0 Å². The maximum atomic E-state index is 3.94. The fourth-order valence-electron chi connectivity index (χ4n) is 1.50. The molecule has 0 aromatic heterocycles. The van der Waals surface area contributed by atoms with Crippen molar-refractivity contribution in [1.82, 2.24) is 10.2 Å². The van der Waals surface area contributed by atoms with E-state index in [4.69, 9.17) is 0 Å². The van der Waals surface area contributed by atoms with Crippen molar-refractivity contribution in [2.75, 3.05) is 26.7 Å². The lowest BCUT2D eigenvalue weighted by atomic mass is 10.2. The summed E-state index contributed by atoms with van der Waals surface area (Å²) in [4.78, 5) is 2.36. The Kier molecular flexibility index (Phi) is 7.71. The molecular formula is C13H28N2. The highest BCUT2D eigenvalue weighted by atomic mass is 15.1. The standard InChI is InChI=1S/C13H28N2/c1-11(2)9-14-8-7-13(5)15(6)10-12(3)4/h11,13-14H,3,7-10H2,1-2,4-6H3. The van der Waals surface area contributed by atoms with Crippen LogP contribution in [0.1, 0.15) is 34.1 Å². The van der Waals surface area contributed by atoms with Crippen LogP contribution in [0.25, 0.3) is 0 Å². The molecule has 1 atom stereocenters. The van der Waals surface area contributed by atoms with Crippen molar-refractivity contribution in [2.24, 2.45) is 5.92 Å². The fourth-order valence-corrected chi connectivity index (χ4v) is 1.50. The Balaban J connectivity index is 3.55. The van der Waals surface area contributed by atoms with Crippen molar-refractivity contribution >= 4 is 0 Å². The van der Waals surface area contributed by atoms with Crippen LogP contribution in [-0.4, -0.2) is 37.6 Å². The Bertz CT molecular complexity index is 175. The Morgan fingerprint density at radius 2 is 1.93 bits per heavy atom. The van der Waals surface area contributed by atoms with E-state index in [1.165, 1.54) is 12.0 Å². The minimum Gasteiger partial charge on any atom is -0.316 e. The first-order chi connectivity index (χ1) is 6.93. The van der Waals surface area contributed by atoms with Gasteiger partial charge >= 0.3 is 0 Å². The van der Waals surface area contributed by atoms with Gasteiger partial charge in [0.2, 0.25) is 0 Å². The van der Waals surface area contributed by atoms with Gasteiger partial charge in [0, 0.05) is 12.6 Å². The van der Waals surface area contributed by atoms with Crippen molar-refractivity contribution in [1.29, 1.82) is 0 Å². The van der Waals surface area contributed by atoms with Crippen LogP contribution in [0, 0.1) is 5.92 Å². The van der Waals surface area contributed by atoms with Crippen LogP contribution in [-0.2, 0) is 0 Å². The van der Waals surface area contributed by atoms with Crippen molar-refractivity contribution in [3.05, 3.63) is 12.2 Å². The molecule has 0 amide bonds. The van der Waals surface area contributed by atoms with Crippen molar-refractivity contribution < 1.29 is 0 Å². The summed E-state index contributed by atoms with van der Waals surface area (Å²) >= 11 is 0. The third-order valence-corrected chi connectivity index (χ3v) is 2.56. The minimum atomic E-state index is 0.626. The molecule has 0 spiro atoms. The highest BCUT2D eigenvalue weighted by molar-refractivity contribution is 4.92. The molecule has 15 heavy (non-hydrogen) atoms. The van der Waals surface area contributed by atoms with Gasteiger partial charge in [-0.15, -0.1) is 0 Å². The third kappa shape index (κ3) is 8.64. The second-order valence-corrected chi connectivity index (χ2v) is 5.11. The van der Waals surface area contributed by atoms with Crippen LogP contribution in [0.5, 0.6) is 0 Å². The van der Waals surface area contributed by atoms with Crippen molar-refractivity contribution in [2.45, 2.75) is 40.2 Å². The molecule has 0 saturated heterocycles. The molecular weight excluding hydrogens is 184 g/mol. The first-order valence-electron chi connectivity index (χ1n) is 5.98. The van der Waals surface area contributed by atoms with E-state index in [1.807, 2.05) is 0 Å². The van der Waals surface area contributed by atoms with Gasteiger partial charge in [0.05, 0.1) is 0 Å². The van der Waals surface area contributed by atoms with Crippen LogP contribution in [0.3, 0.4) is 0 Å². The predicted octanol–water partition coefficient (Wildman–Crippen LogP) is 2.52. The summed E-state index contributed by atoms with van der Waals surface area (Å²) in [6, 6.07) is 0.626. The van der Waals surface area contributed by atoms with Gasteiger partial charge in [-0.05, 0) is 46.3 Å². The Morgan fingerprint density at radius 1 is 1.33 bits per heavy atom. The van der Waals surface area contributed by atoms with E-state index in [-0.39, 0.29) is 0 Å². The smallest absolute Gasteiger partial charge is 0.0187 e. The number of nitrogens with one attached hydrogen (secondary N) is 1. The summed E-state index contributed by atoms with van der Waals surface area (Å²) in [5, 5.41) is 3.47.